The van der Waals surface area contributed by atoms with Gasteiger partial charge in [-0.2, -0.15) is 5.10 Å². The molecule has 0 bridgehead atoms. The molecule has 7 nitrogen and oxygen atoms in total. The Kier molecular flexibility index (Phi) is 3.33. The van der Waals surface area contributed by atoms with Gasteiger partial charge < -0.3 is 15.1 Å². The predicted octanol–water partition coefficient (Wildman–Crippen LogP) is -0.522. The van der Waals surface area contributed by atoms with Gasteiger partial charge in [-0.25, -0.2) is 4.79 Å². The summed E-state index contributed by atoms with van der Waals surface area (Å²) in [6.45, 7) is 2.47. The van der Waals surface area contributed by atoms with Crippen LogP contribution in [0.5, 0.6) is 0 Å². The molecule has 0 radical (unpaired) electrons. The standard InChI is InChI=1S/C11H15N3O4/c1-7(16)13-3-2-9-8(6-13)10(11(17)18)12-14(9)4-5-15/h15H,2-6H2,1H3,(H,17,18). The fourth-order valence-electron chi connectivity index (χ4n) is 2.21. The van der Waals surface area contributed by atoms with Gasteiger partial charge in [-0.15, -0.1) is 0 Å². The van der Waals surface area contributed by atoms with E-state index in [9.17, 15) is 9.59 Å². The predicted molar refractivity (Wildman–Crippen MR) is 61.1 cm³/mol. The van der Waals surface area contributed by atoms with Gasteiger partial charge in [-0.1, -0.05) is 0 Å². The Bertz CT molecular complexity index is 495. The number of carbonyl (C=O) groups is 2. The summed E-state index contributed by atoms with van der Waals surface area (Å²) in [6.07, 6.45) is 0.565. The SMILES string of the molecule is CC(=O)N1CCc2c(c(C(=O)O)nn2CCO)C1. The van der Waals surface area contributed by atoms with E-state index in [0.717, 1.165) is 5.69 Å². The second-order valence-electron chi connectivity index (χ2n) is 4.22. The van der Waals surface area contributed by atoms with Gasteiger partial charge in [0.2, 0.25) is 5.91 Å². The first-order valence-electron chi connectivity index (χ1n) is 5.72. The van der Waals surface area contributed by atoms with Crippen LogP contribution in [0.2, 0.25) is 0 Å². The molecular formula is C11H15N3O4. The Hall–Kier alpha value is -1.89. The maximum atomic E-state index is 11.3. The monoisotopic (exact) mass is 253 g/mol. The molecule has 2 N–H and O–H groups in total. The highest BCUT2D eigenvalue weighted by Gasteiger charge is 2.28. The van der Waals surface area contributed by atoms with Gasteiger partial charge in [-0.3, -0.25) is 9.48 Å². The molecule has 7 heteroatoms. The number of amides is 1. The summed E-state index contributed by atoms with van der Waals surface area (Å²) >= 11 is 0. The van der Waals surface area contributed by atoms with E-state index in [4.69, 9.17) is 10.2 Å². The van der Waals surface area contributed by atoms with Crippen molar-refractivity contribution >= 4 is 11.9 Å². The number of carboxylic acid groups (broad SMARTS) is 1. The molecule has 2 heterocycles. The fourth-order valence-corrected chi connectivity index (χ4v) is 2.21. The largest absolute Gasteiger partial charge is 0.476 e. The molecule has 1 aliphatic heterocycles. The summed E-state index contributed by atoms with van der Waals surface area (Å²) in [6, 6.07) is 0. The van der Waals surface area contributed by atoms with Crippen LogP contribution in [-0.4, -0.2) is 49.9 Å². The third-order valence-corrected chi connectivity index (χ3v) is 3.09. The van der Waals surface area contributed by atoms with Crippen molar-refractivity contribution in [3.05, 3.63) is 17.0 Å². The van der Waals surface area contributed by atoms with Gasteiger partial charge >= 0.3 is 5.97 Å². The molecule has 0 aliphatic carbocycles. The zero-order valence-electron chi connectivity index (χ0n) is 10.1. The fraction of sp³-hybridized carbons (Fsp3) is 0.545. The lowest BCUT2D eigenvalue weighted by Crippen LogP contribution is -2.35. The first-order chi connectivity index (χ1) is 8.54. The molecule has 18 heavy (non-hydrogen) atoms. The van der Waals surface area contributed by atoms with Crippen LogP contribution in [0.1, 0.15) is 28.7 Å². The van der Waals surface area contributed by atoms with Crippen molar-refractivity contribution in [1.82, 2.24) is 14.7 Å². The molecule has 1 aromatic rings. The molecule has 0 atom stereocenters. The second kappa shape index (κ2) is 4.77. The van der Waals surface area contributed by atoms with E-state index in [1.807, 2.05) is 0 Å². The van der Waals surface area contributed by atoms with Crippen molar-refractivity contribution < 1.29 is 19.8 Å². The lowest BCUT2D eigenvalue weighted by Gasteiger charge is -2.26. The molecule has 0 fully saturated rings. The number of aromatic carboxylic acids is 1. The first-order valence-corrected chi connectivity index (χ1v) is 5.72. The highest BCUT2D eigenvalue weighted by molar-refractivity contribution is 5.87. The number of carboxylic acids is 1. The number of carbonyl (C=O) groups excluding carboxylic acids is 1. The van der Waals surface area contributed by atoms with E-state index in [1.54, 1.807) is 4.90 Å². The number of fused-ring (bicyclic) bond motifs is 1. The molecule has 1 aromatic heterocycles. The van der Waals surface area contributed by atoms with Crippen LogP contribution < -0.4 is 0 Å². The number of aromatic nitrogens is 2. The van der Waals surface area contributed by atoms with Gasteiger partial charge in [0.1, 0.15) is 0 Å². The van der Waals surface area contributed by atoms with Crippen LogP contribution in [0.25, 0.3) is 0 Å². The molecule has 1 amide bonds. The maximum absolute atomic E-state index is 11.3. The summed E-state index contributed by atoms with van der Waals surface area (Å²) in [5.41, 5.74) is 1.36. The van der Waals surface area contributed by atoms with E-state index in [1.165, 1.54) is 11.6 Å². The quantitative estimate of drug-likeness (QED) is 0.755. The van der Waals surface area contributed by atoms with Crippen LogP contribution >= 0.6 is 0 Å². The van der Waals surface area contributed by atoms with E-state index < -0.39 is 5.97 Å². The Morgan fingerprint density at radius 2 is 2.17 bits per heavy atom. The highest BCUT2D eigenvalue weighted by atomic mass is 16.4. The number of hydrogen-bond donors (Lipinski definition) is 2. The number of nitrogens with zero attached hydrogens (tertiary/aromatic N) is 3. The summed E-state index contributed by atoms with van der Waals surface area (Å²) < 4.78 is 1.52. The molecule has 0 unspecified atom stereocenters. The van der Waals surface area contributed by atoms with Crippen molar-refractivity contribution in [1.29, 1.82) is 0 Å². The Balaban J connectivity index is 2.41. The first kappa shape index (κ1) is 12.6. The minimum atomic E-state index is -1.10. The Labute approximate surface area is 104 Å². The molecule has 0 aromatic carbocycles. The number of rotatable bonds is 3. The van der Waals surface area contributed by atoms with Gasteiger partial charge in [0.15, 0.2) is 5.69 Å². The van der Waals surface area contributed by atoms with E-state index in [0.29, 0.717) is 18.5 Å². The third-order valence-electron chi connectivity index (χ3n) is 3.09. The molecule has 1 aliphatic rings. The van der Waals surface area contributed by atoms with Crippen molar-refractivity contribution in [2.45, 2.75) is 26.4 Å². The van der Waals surface area contributed by atoms with Crippen LogP contribution in [0.15, 0.2) is 0 Å². The third kappa shape index (κ3) is 2.08. The topological polar surface area (TPSA) is 95.7 Å². The van der Waals surface area contributed by atoms with Crippen molar-refractivity contribution in [2.75, 3.05) is 13.2 Å². The molecule has 2 rings (SSSR count). The molecule has 98 valence electrons. The van der Waals surface area contributed by atoms with Gasteiger partial charge in [0.05, 0.1) is 13.2 Å². The van der Waals surface area contributed by atoms with Crippen LogP contribution in [0.4, 0.5) is 0 Å². The lowest BCUT2D eigenvalue weighted by molar-refractivity contribution is -0.129. The summed E-state index contributed by atoms with van der Waals surface area (Å²) in [5, 5.41) is 22.0. The summed E-state index contributed by atoms with van der Waals surface area (Å²) in [5.74, 6) is -1.18. The average Bonchev–Trinajstić information content (AvgIpc) is 2.68. The lowest BCUT2D eigenvalue weighted by atomic mass is 10.1. The van der Waals surface area contributed by atoms with E-state index in [2.05, 4.69) is 5.10 Å². The molecular weight excluding hydrogens is 238 g/mol. The zero-order valence-corrected chi connectivity index (χ0v) is 10.1. The van der Waals surface area contributed by atoms with Crippen molar-refractivity contribution in [2.24, 2.45) is 0 Å². The molecule has 0 saturated heterocycles. The Morgan fingerprint density at radius 3 is 2.72 bits per heavy atom. The zero-order chi connectivity index (χ0) is 13.3. The summed E-state index contributed by atoms with van der Waals surface area (Å²) in [4.78, 5) is 24.1. The maximum Gasteiger partial charge on any atom is 0.356 e. The number of hydrogen-bond acceptors (Lipinski definition) is 4. The van der Waals surface area contributed by atoms with Crippen LogP contribution in [-0.2, 0) is 24.3 Å². The minimum absolute atomic E-state index is 0.0237. The normalized spacial score (nSPS) is 14.4. The van der Waals surface area contributed by atoms with E-state index >= 15 is 0 Å². The minimum Gasteiger partial charge on any atom is -0.476 e. The highest BCUT2D eigenvalue weighted by Crippen LogP contribution is 2.22. The van der Waals surface area contributed by atoms with Gasteiger partial charge in [0.25, 0.3) is 0 Å². The van der Waals surface area contributed by atoms with E-state index in [-0.39, 0.29) is 31.3 Å². The van der Waals surface area contributed by atoms with Crippen LogP contribution in [0.3, 0.4) is 0 Å². The van der Waals surface area contributed by atoms with Crippen LogP contribution in [0, 0.1) is 0 Å². The van der Waals surface area contributed by atoms with Gasteiger partial charge in [0, 0.05) is 37.7 Å². The smallest absolute Gasteiger partial charge is 0.356 e. The molecule has 0 spiro atoms. The van der Waals surface area contributed by atoms with Crippen molar-refractivity contribution in [3.63, 3.8) is 0 Å². The average molecular weight is 253 g/mol. The number of aliphatic hydroxyl groups is 1. The summed E-state index contributed by atoms with van der Waals surface area (Å²) in [7, 11) is 0. The van der Waals surface area contributed by atoms with Crippen molar-refractivity contribution in [3.8, 4) is 0 Å². The van der Waals surface area contributed by atoms with Gasteiger partial charge in [-0.05, 0) is 0 Å². The molecule has 0 saturated carbocycles. The Morgan fingerprint density at radius 1 is 1.44 bits per heavy atom. The second-order valence-corrected chi connectivity index (χ2v) is 4.22. The number of aliphatic hydroxyl groups excluding tert-OH is 1.